The summed E-state index contributed by atoms with van der Waals surface area (Å²) in [5.41, 5.74) is 0. The van der Waals surface area contributed by atoms with E-state index >= 15 is 0 Å². The van der Waals surface area contributed by atoms with Gasteiger partial charge in [0.05, 0.1) is 11.4 Å². The predicted molar refractivity (Wildman–Crippen MR) is 56.3 cm³/mol. The molecule has 1 N–H and O–H groups in total. The van der Waals surface area contributed by atoms with E-state index in [1.807, 2.05) is 0 Å². The summed E-state index contributed by atoms with van der Waals surface area (Å²) in [7, 11) is -3.46. The Kier molecular flexibility index (Phi) is 3.40. The van der Waals surface area contributed by atoms with Gasteiger partial charge in [-0.25, -0.2) is 8.42 Å². The van der Waals surface area contributed by atoms with Crippen LogP contribution in [0.15, 0.2) is 0 Å². The smallest absolute Gasteiger partial charge is 0.325 e. The molecule has 1 aliphatic heterocycles. The Bertz CT molecular complexity index is 347. The van der Waals surface area contributed by atoms with Crippen LogP contribution in [0.1, 0.15) is 20.8 Å². The van der Waals surface area contributed by atoms with Crippen LogP contribution in [0.5, 0.6) is 0 Å². The summed E-state index contributed by atoms with van der Waals surface area (Å²) in [5, 5.41) is 1.87. The number of carbonyl (C=O) groups excluding carboxylic acids is 1. The predicted octanol–water partition coefficient (Wildman–Crippen LogP) is -0.285. The summed E-state index contributed by atoms with van der Waals surface area (Å²) in [6, 6.07) is 0. The lowest BCUT2D eigenvalue weighted by Gasteiger charge is -2.34. The first-order valence-corrected chi connectivity index (χ1v) is 6.48. The number of hydrogen-bond acceptors (Lipinski definition) is 5. The van der Waals surface area contributed by atoms with Gasteiger partial charge in [-0.15, -0.1) is 0 Å². The highest BCUT2D eigenvalue weighted by Crippen LogP contribution is 2.24. The third kappa shape index (κ3) is 2.15. The molecule has 1 heterocycles. The van der Waals surface area contributed by atoms with Crippen LogP contribution in [-0.4, -0.2) is 44.1 Å². The number of hydrogen-bond donors (Lipinski definition) is 1. The zero-order chi connectivity index (χ0) is 11.7. The van der Waals surface area contributed by atoms with Crippen LogP contribution in [0.2, 0.25) is 0 Å². The number of carbonyl (C=O) groups is 1. The van der Waals surface area contributed by atoms with Crippen molar-refractivity contribution in [2.45, 2.75) is 30.8 Å². The van der Waals surface area contributed by atoms with Gasteiger partial charge in [0.25, 0.3) is 0 Å². The molecule has 0 aromatic carbocycles. The van der Waals surface area contributed by atoms with E-state index in [1.165, 1.54) is 0 Å². The Balaban J connectivity index is 2.96. The van der Waals surface area contributed by atoms with Crippen molar-refractivity contribution in [2.24, 2.45) is 0 Å². The third-order valence-corrected chi connectivity index (χ3v) is 5.37. The molecule has 88 valence electrons. The molecule has 6 heteroatoms. The molecular formula is C9H17NO4S. The van der Waals surface area contributed by atoms with Gasteiger partial charge in [-0.2, -0.15) is 0 Å². The average molecular weight is 235 g/mol. The molecule has 1 fully saturated rings. The fraction of sp³-hybridized carbons (Fsp3) is 0.889. The maximum absolute atomic E-state index is 12.0. The standard InChI is InChI=1S/C9H17NO4S/c1-4-14-8(11)7-5-10-6-9(2,3)15(7,12)13/h7,10H,4-6H2,1-3H3. The van der Waals surface area contributed by atoms with Crippen LogP contribution in [0.25, 0.3) is 0 Å². The monoisotopic (exact) mass is 235 g/mol. The topological polar surface area (TPSA) is 72.5 Å². The lowest BCUT2D eigenvalue weighted by molar-refractivity contribution is -0.142. The number of ether oxygens (including phenoxy) is 1. The first-order valence-electron chi connectivity index (χ1n) is 4.93. The summed E-state index contributed by atoms with van der Waals surface area (Å²) in [4.78, 5) is 11.5. The van der Waals surface area contributed by atoms with Crippen molar-refractivity contribution in [3.63, 3.8) is 0 Å². The van der Waals surface area contributed by atoms with E-state index in [2.05, 4.69) is 5.32 Å². The van der Waals surface area contributed by atoms with Gasteiger partial charge in [0.15, 0.2) is 15.1 Å². The first kappa shape index (κ1) is 12.4. The van der Waals surface area contributed by atoms with Gasteiger partial charge in [0, 0.05) is 13.1 Å². The second-order valence-electron chi connectivity index (χ2n) is 4.18. The van der Waals surface area contributed by atoms with E-state index in [4.69, 9.17) is 4.74 Å². The number of sulfone groups is 1. The van der Waals surface area contributed by atoms with Crippen molar-refractivity contribution in [3.8, 4) is 0 Å². The first-order chi connectivity index (χ1) is 6.83. The van der Waals surface area contributed by atoms with Crippen molar-refractivity contribution < 1.29 is 17.9 Å². The van der Waals surface area contributed by atoms with E-state index in [0.29, 0.717) is 6.54 Å². The Morgan fingerprint density at radius 2 is 2.13 bits per heavy atom. The van der Waals surface area contributed by atoms with E-state index in [1.54, 1.807) is 20.8 Å². The van der Waals surface area contributed by atoms with E-state index in [9.17, 15) is 13.2 Å². The van der Waals surface area contributed by atoms with Gasteiger partial charge in [-0.3, -0.25) is 4.79 Å². The van der Waals surface area contributed by atoms with Crippen LogP contribution in [-0.2, 0) is 19.4 Å². The Hall–Kier alpha value is -0.620. The van der Waals surface area contributed by atoms with Crippen molar-refractivity contribution in [1.82, 2.24) is 5.32 Å². The Labute approximate surface area is 90.1 Å². The molecule has 1 unspecified atom stereocenters. The summed E-state index contributed by atoms with van der Waals surface area (Å²) in [6.45, 7) is 5.59. The normalized spacial score (nSPS) is 28.3. The molecular weight excluding hydrogens is 218 g/mol. The van der Waals surface area contributed by atoms with Crippen molar-refractivity contribution in [3.05, 3.63) is 0 Å². The minimum atomic E-state index is -3.46. The van der Waals surface area contributed by atoms with Crippen LogP contribution >= 0.6 is 0 Å². The van der Waals surface area contributed by atoms with Crippen molar-refractivity contribution >= 4 is 15.8 Å². The van der Waals surface area contributed by atoms with Crippen LogP contribution < -0.4 is 5.32 Å². The van der Waals surface area contributed by atoms with Gasteiger partial charge >= 0.3 is 5.97 Å². The molecule has 1 rings (SSSR count). The molecule has 0 bridgehead atoms. The minimum Gasteiger partial charge on any atom is -0.465 e. The highest BCUT2D eigenvalue weighted by atomic mass is 32.2. The zero-order valence-corrected chi connectivity index (χ0v) is 10.1. The zero-order valence-electron chi connectivity index (χ0n) is 9.24. The molecule has 0 saturated carbocycles. The molecule has 0 spiro atoms. The summed E-state index contributed by atoms with van der Waals surface area (Å²) < 4.78 is 27.9. The fourth-order valence-corrected chi connectivity index (χ4v) is 3.28. The van der Waals surface area contributed by atoms with Crippen molar-refractivity contribution in [2.75, 3.05) is 19.7 Å². The van der Waals surface area contributed by atoms with Gasteiger partial charge < -0.3 is 10.1 Å². The summed E-state index contributed by atoms with van der Waals surface area (Å²) >= 11 is 0. The molecule has 5 nitrogen and oxygen atoms in total. The maximum Gasteiger partial charge on any atom is 0.325 e. The quantitative estimate of drug-likeness (QED) is 0.666. The van der Waals surface area contributed by atoms with E-state index in [-0.39, 0.29) is 13.2 Å². The van der Waals surface area contributed by atoms with Gasteiger partial charge in [0.2, 0.25) is 0 Å². The van der Waals surface area contributed by atoms with E-state index in [0.717, 1.165) is 0 Å². The maximum atomic E-state index is 12.0. The minimum absolute atomic E-state index is 0.143. The van der Waals surface area contributed by atoms with Gasteiger partial charge in [-0.05, 0) is 20.8 Å². The van der Waals surface area contributed by atoms with Crippen LogP contribution in [0, 0.1) is 0 Å². The lowest BCUT2D eigenvalue weighted by atomic mass is 10.2. The third-order valence-electron chi connectivity index (χ3n) is 2.57. The molecule has 0 aliphatic carbocycles. The average Bonchev–Trinajstić information content (AvgIpc) is 2.10. The molecule has 1 atom stereocenters. The fourth-order valence-electron chi connectivity index (χ4n) is 1.54. The van der Waals surface area contributed by atoms with Crippen molar-refractivity contribution in [1.29, 1.82) is 0 Å². The summed E-state index contributed by atoms with van der Waals surface area (Å²) in [6.07, 6.45) is 0. The summed E-state index contributed by atoms with van der Waals surface area (Å²) in [5.74, 6) is -0.655. The van der Waals surface area contributed by atoms with E-state index < -0.39 is 25.8 Å². The number of rotatable bonds is 2. The SMILES string of the molecule is CCOC(=O)C1CNCC(C)(C)S1(=O)=O. The number of esters is 1. The van der Waals surface area contributed by atoms with Crippen LogP contribution in [0.3, 0.4) is 0 Å². The number of nitrogens with one attached hydrogen (secondary N) is 1. The van der Waals surface area contributed by atoms with Gasteiger partial charge in [-0.1, -0.05) is 0 Å². The molecule has 1 aliphatic rings. The second kappa shape index (κ2) is 4.09. The Morgan fingerprint density at radius 3 is 2.67 bits per heavy atom. The lowest BCUT2D eigenvalue weighted by Crippen LogP contribution is -2.58. The largest absolute Gasteiger partial charge is 0.465 e. The highest BCUT2D eigenvalue weighted by Gasteiger charge is 2.47. The molecule has 0 aromatic rings. The highest BCUT2D eigenvalue weighted by molar-refractivity contribution is 7.94. The molecule has 15 heavy (non-hydrogen) atoms. The van der Waals surface area contributed by atoms with Crippen LogP contribution in [0.4, 0.5) is 0 Å². The Morgan fingerprint density at radius 1 is 1.53 bits per heavy atom. The molecule has 0 amide bonds. The molecule has 0 aromatic heterocycles. The second-order valence-corrected chi connectivity index (χ2v) is 6.94. The molecule has 0 radical (unpaired) electrons. The molecule has 1 saturated heterocycles. The van der Waals surface area contributed by atoms with Gasteiger partial charge in [0.1, 0.15) is 0 Å².